The molecule has 1 heterocycles. The summed E-state index contributed by atoms with van der Waals surface area (Å²) in [7, 11) is -3.69. The fraction of sp³-hybridized carbons (Fsp3) is 0.143. The van der Waals surface area contributed by atoms with Gasteiger partial charge in [0.25, 0.3) is 10.0 Å². The number of pyridine rings is 1. The Morgan fingerprint density at radius 3 is 2.50 bits per heavy atom. The minimum absolute atomic E-state index is 0.0974. The molecule has 0 atom stereocenters. The van der Waals surface area contributed by atoms with Crippen LogP contribution in [0.3, 0.4) is 0 Å². The molecule has 0 saturated carbocycles. The summed E-state index contributed by atoms with van der Waals surface area (Å²) >= 11 is 0. The van der Waals surface area contributed by atoms with Gasteiger partial charge in [0.15, 0.2) is 0 Å². The number of aromatic nitrogens is 1. The van der Waals surface area contributed by atoms with Crippen LogP contribution >= 0.6 is 0 Å². The number of rotatable bonds is 4. The summed E-state index contributed by atoms with van der Waals surface area (Å²) in [6.07, 6.45) is 0.729. The number of sulfonamides is 1. The van der Waals surface area contributed by atoms with Gasteiger partial charge in [-0.15, -0.1) is 0 Å². The number of nitrogens with zero attached hydrogens (tertiary/aromatic N) is 2. The normalized spacial score (nSPS) is 10.8. The lowest BCUT2D eigenvalue weighted by molar-refractivity contribution is 0.601. The van der Waals surface area contributed by atoms with E-state index in [9.17, 15) is 8.42 Å². The fourth-order valence-electron chi connectivity index (χ4n) is 1.64. The molecule has 1 N–H and O–H groups in total. The fourth-order valence-corrected chi connectivity index (χ4v) is 2.64. The van der Waals surface area contributed by atoms with Crippen LogP contribution in [0.25, 0.3) is 0 Å². The Morgan fingerprint density at radius 2 is 1.90 bits per heavy atom. The van der Waals surface area contributed by atoms with Crippen molar-refractivity contribution in [3.8, 4) is 6.07 Å². The first-order valence-corrected chi connectivity index (χ1v) is 7.52. The monoisotopic (exact) mass is 287 g/mol. The van der Waals surface area contributed by atoms with Gasteiger partial charge in [-0.05, 0) is 42.8 Å². The zero-order valence-corrected chi connectivity index (χ0v) is 11.7. The van der Waals surface area contributed by atoms with Gasteiger partial charge >= 0.3 is 0 Å². The Bertz CT molecular complexity index is 747. The van der Waals surface area contributed by atoms with E-state index in [0.29, 0.717) is 5.56 Å². The van der Waals surface area contributed by atoms with Crippen LogP contribution in [0.4, 0.5) is 5.82 Å². The van der Waals surface area contributed by atoms with Crippen LogP contribution in [-0.2, 0) is 16.4 Å². The number of nitriles is 1. The summed E-state index contributed by atoms with van der Waals surface area (Å²) in [5, 5.41) is 8.70. The average Bonchev–Trinajstić information content (AvgIpc) is 2.47. The quantitative estimate of drug-likeness (QED) is 0.935. The number of anilines is 1. The first kappa shape index (κ1) is 14.0. The molecule has 0 unspecified atom stereocenters. The van der Waals surface area contributed by atoms with Gasteiger partial charge in [0.05, 0.1) is 16.5 Å². The molecule has 0 amide bonds. The molecule has 102 valence electrons. The van der Waals surface area contributed by atoms with Crippen molar-refractivity contribution in [1.82, 2.24) is 4.98 Å². The lowest BCUT2D eigenvalue weighted by atomic mass is 10.2. The van der Waals surface area contributed by atoms with Gasteiger partial charge in [-0.3, -0.25) is 4.72 Å². The van der Waals surface area contributed by atoms with Crippen LogP contribution < -0.4 is 4.72 Å². The lowest BCUT2D eigenvalue weighted by Gasteiger charge is -2.08. The van der Waals surface area contributed by atoms with Gasteiger partial charge in [-0.1, -0.05) is 13.0 Å². The van der Waals surface area contributed by atoms with Crippen molar-refractivity contribution >= 4 is 15.8 Å². The van der Waals surface area contributed by atoms with Crippen LogP contribution in [0.15, 0.2) is 47.4 Å². The molecule has 0 saturated heterocycles. The molecule has 5 nitrogen and oxygen atoms in total. The Morgan fingerprint density at radius 1 is 1.20 bits per heavy atom. The molecule has 0 aliphatic carbocycles. The minimum atomic E-state index is -3.69. The summed E-state index contributed by atoms with van der Waals surface area (Å²) in [5.41, 5.74) is 1.22. The highest BCUT2D eigenvalue weighted by atomic mass is 32.2. The molecule has 20 heavy (non-hydrogen) atoms. The van der Waals surface area contributed by atoms with Crippen molar-refractivity contribution in [2.75, 3.05) is 4.72 Å². The molecule has 0 spiro atoms. The van der Waals surface area contributed by atoms with Gasteiger partial charge in [0.1, 0.15) is 5.82 Å². The zero-order valence-electron chi connectivity index (χ0n) is 10.9. The van der Waals surface area contributed by atoms with Crippen molar-refractivity contribution in [2.24, 2.45) is 0 Å². The van der Waals surface area contributed by atoms with E-state index in [1.807, 2.05) is 19.1 Å². The van der Waals surface area contributed by atoms with Crippen molar-refractivity contribution in [2.45, 2.75) is 18.2 Å². The van der Waals surface area contributed by atoms with E-state index >= 15 is 0 Å². The van der Waals surface area contributed by atoms with Crippen molar-refractivity contribution in [3.05, 3.63) is 53.7 Å². The zero-order chi connectivity index (χ0) is 14.6. The number of hydrogen-bond donors (Lipinski definition) is 1. The first-order chi connectivity index (χ1) is 9.55. The number of nitrogens with one attached hydrogen (secondary N) is 1. The van der Waals surface area contributed by atoms with E-state index in [1.54, 1.807) is 12.1 Å². The molecular weight excluding hydrogens is 274 g/mol. The second kappa shape index (κ2) is 5.72. The maximum Gasteiger partial charge on any atom is 0.263 e. The van der Waals surface area contributed by atoms with Crippen LogP contribution in [0.2, 0.25) is 0 Å². The first-order valence-electron chi connectivity index (χ1n) is 6.04. The van der Waals surface area contributed by atoms with Gasteiger partial charge in [-0.25, -0.2) is 13.4 Å². The van der Waals surface area contributed by atoms with E-state index in [-0.39, 0.29) is 10.7 Å². The summed E-state index contributed by atoms with van der Waals surface area (Å²) in [6, 6.07) is 12.8. The Balaban J connectivity index is 2.28. The summed E-state index contributed by atoms with van der Waals surface area (Å²) in [6.45, 7) is 1.95. The van der Waals surface area contributed by atoms with Crippen LogP contribution in [0.5, 0.6) is 0 Å². The van der Waals surface area contributed by atoms with E-state index in [1.165, 1.54) is 24.3 Å². The van der Waals surface area contributed by atoms with Crippen LogP contribution in [0.1, 0.15) is 18.2 Å². The number of aryl methyl sites for hydroxylation is 1. The second-order valence-electron chi connectivity index (χ2n) is 4.11. The largest absolute Gasteiger partial charge is 0.263 e. The molecule has 0 bridgehead atoms. The molecule has 0 fully saturated rings. The number of benzene rings is 1. The molecule has 1 aromatic heterocycles. The van der Waals surface area contributed by atoms with Gasteiger partial charge in [-0.2, -0.15) is 5.26 Å². The van der Waals surface area contributed by atoms with Crippen LogP contribution in [-0.4, -0.2) is 13.4 Å². The minimum Gasteiger partial charge on any atom is -0.263 e. The standard InChI is InChI=1S/C14H13N3O2S/c1-2-12-4-3-5-14(16-12)17-20(18,19)13-8-6-11(10-15)7-9-13/h3-9H,2H2,1H3,(H,16,17). The van der Waals surface area contributed by atoms with Gasteiger partial charge in [0.2, 0.25) is 0 Å². The Kier molecular flexibility index (Phi) is 4.01. The maximum absolute atomic E-state index is 12.2. The van der Waals surface area contributed by atoms with Crippen LogP contribution in [0, 0.1) is 11.3 Å². The van der Waals surface area contributed by atoms with E-state index in [2.05, 4.69) is 9.71 Å². The Hall–Kier alpha value is -2.39. The van der Waals surface area contributed by atoms with E-state index in [0.717, 1.165) is 12.1 Å². The molecule has 0 aliphatic heterocycles. The van der Waals surface area contributed by atoms with Crippen molar-refractivity contribution in [1.29, 1.82) is 5.26 Å². The topological polar surface area (TPSA) is 82.9 Å². The molecule has 0 radical (unpaired) electrons. The lowest BCUT2D eigenvalue weighted by Crippen LogP contribution is -2.14. The SMILES string of the molecule is CCc1cccc(NS(=O)(=O)c2ccc(C#N)cc2)n1. The third kappa shape index (κ3) is 3.13. The highest BCUT2D eigenvalue weighted by molar-refractivity contribution is 7.92. The third-order valence-electron chi connectivity index (χ3n) is 2.70. The molecule has 0 aliphatic rings. The van der Waals surface area contributed by atoms with E-state index in [4.69, 9.17) is 5.26 Å². The molecule has 2 rings (SSSR count). The molecular formula is C14H13N3O2S. The van der Waals surface area contributed by atoms with E-state index < -0.39 is 10.0 Å². The number of hydrogen-bond acceptors (Lipinski definition) is 4. The maximum atomic E-state index is 12.2. The highest BCUT2D eigenvalue weighted by Gasteiger charge is 2.14. The second-order valence-corrected chi connectivity index (χ2v) is 5.79. The predicted octanol–water partition coefficient (Wildman–Crippen LogP) is 2.32. The van der Waals surface area contributed by atoms with Crippen molar-refractivity contribution in [3.63, 3.8) is 0 Å². The van der Waals surface area contributed by atoms with Crippen molar-refractivity contribution < 1.29 is 8.42 Å². The smallest absolute Gasteiger partial charge is 0.263 e. The summed E-state index contributed by atoms with van der Waals surface area (Å²) in [5.74, 6) is 0.286. The average molecular weight is 287 g/mol. The van der Waals surface area contributed by atoms with Gasteiger partial charge in [0, 0.05) is 5.69 Å². The summed E-state index contributed by atoms with van der Waals surface area (Å²) < 4.78 is 26.8. The highest BCUT2D eigenvalue weighted by Crippen LogP contribution is 2.15. The summed E-state index contributed by atoms with van der Waals surface area (Å²) in [4.78, 5) is 4.29. The predicted molar refractivity (Wildman–Crippen MR) is 75.6 cm³/mol. The third-order valence-corrected chi connectivity index (χ3v) is 4.07. The molecule has 2 aromatic rings. The molecule has 6 heteroatoms. The Labute approximate surface area is 118 Å². The van der Waals surface area contributed by atoms with Gasteiger partial charge < -0.3 is 0 Å². The molecule has 1 aromatic carbocycles.